The average Bonchev–Trinajstić information content (AvgIpc) is 3.07. The number of aryl methyl sites for hydroxylation is 1. The maximum atomic E-state index is 12.8. The number of nitrogens with zero attached hydrogens (tertiary/aromatic N) is 1. The molecular formula is C20H25NO3S. The molecule has 134 valence electrons. The Morgan fingerprint density at radius 2 is 2.00 bits per heavy atom. The third-order valence-corrected chi connectivity index (χ3v) is 5.97. The van der Waals surface area contributed by atoms with Crippen LogP contribution in [0.15, 0.2) is 35.7 Å². The van der Waals surface area contributed by atoms with E-state index in [1.165, 1.54) is 16.9 Å². The van der Waals surface area contributed by atoms with Crippen molar-refractivity contribution < 1.29 is 14.3 Å². The molecule has 1 amide bonds. The number of ether oxygens (including phenoxy) is 2. The van der Waals surface area contributed by atoms with E-state index in [1.807, 2.05) is 35.4 Å². The van der Waals surface area contributed by atoms with Crippen LogP contribution in [-0.4, -0.2) is 44.2 Å². The van der Waals surface area contributed by atoms with Gasteiger partial charge in [-0.2, -0.15) is 0 Å². The molecule has 0 unspecified atom stereocenters. The zero-order chi connectivity index (χ0) is 17.8. The lowest BCUT2D eigenvalue weighted by molar-refractivity contribution is -0.00286. The monoisotopic (exact) mass is 359 g/mol. The minimum Gasteiger partial charge on any atom is -0.497 e. The standard InChI is InChI=1S/C20H25NO3S/c1-14-9-11-25-19(14)20(22)21-10-8-18(24-3)16(13-21)12-15-4-6-17(23-2)7-5-15/h4-7,9,11,16,18H,8,10,12-13H2,1-3H3/t16-,18+/m0/s1. The number of methoxy groups -OCH3 is 2. The zero-order valence-corrected chi connectivity index (χ0v) is 15.8. The van der Waals surface area contributed by atoms with Crippen LogP contribution in [0, 0.1) is 12.8 Å². The highest BCUT2D eigenvalue weighted by molar-refractivity contribution is 7.12. The van der Waals surface area contributed by atoms with E-state index in [0.717, 1.165) is 42.1 Å². The first-order valence-corrected chi connectivity index (χ1v) is 9.49. The number of thiophene rings is 1. The predicted octanol–water partition coefficient (Wildman–Crippen LogP) is 3.78. The van der Waals surface area contributed by atoms with Gasteiger partial charge in [0, 0.05) is 26.1 Å². The molecule has 5 heteroatoms. The SMILES string of the molecule is COc1ccc(C[C@H]2CN(C(=O)c3sccc3C)CC[C@H]2OC)cc1. The van der Waals surface area contributed by atoms with Gasteiger partial charge in [0.1, 0.15) is 5.75 Å². The maximum absolute atomic E-state index is 12.8. The molecule has 1 aromatic carbocycles. The van der Waals surface area contributed by atoms with Gasteiger partial charge >= 0.3 is 0 Å². The van der Waals surface area contributed by atoms with Crippen LogP contribution in [0.4, 0.5) is 0 Å². The fourth-order valence-corrected chi connectivity index (χ4v) is 4.39. The van der Waals surface area contributed by atoms with Gasteiger partial charge in [-0.15, -0.1) is 11.3 Å². The summed E-state index contributed by atoms with van der Waals surface area (Å²) in [5, 5.41) is 1.99. The lowest BCUT2D eigenvalue weighted by Gasteiger charge is -2.38. The number of hydrogen-bond acceptors (Lipinski definition) is 4. The first-order valence-electron chi connectivity index (χ1n) is 8.61. The summed E-state index contributed by atoms with van der Waals surface area (Å²) in [7, 11) is 3.44. The van der Waals surface area contributed by atoms with E-state index in [1.54, 1.807) is 14.2 Å². The van der Waals surface area contributed by atoms with Crippen LogP contribution >= 0.6 is 11.3 Å². The molecule has 1 aliphatic heterocycles. The summed E-state index contributed by atoms with van der Waals surface area (Å²) in [5.41, 5.74) is 2.31. The molecule has 25 heavy (non-hydrogen) atoms. The van der Waals surface area contributed by atoms with Gasteiger partial charge in [-0.25, -0.2) is 0 Å². The smallest absolute Gasteiger partial charge is 0.264 e. The van der Waals surface area contributed by atoms with Crippen LogP contribution in [0.3, 0.4) is 0 Å². The van der Waals surface area contributed by atoms with Gasteiger partial charge in [0.15, 0.2) is 0 Å². The molecule has 3 rings (SSSR count). The molecule has 1 aromatic heterocycles. The third kappa shape index (κ3) is 4.05. The average molecular weight is 359 g/mol. The van der Waals surface area contributed by atoms with Gasteiger partial charge in [0.25, 0.3) is 5.91 Å². The molecule has 0 N–H and O–H groups in total. The van der Waals surface area contributed by atoms with Crippen LogP contribution in [0.25, 0.3) is 0 Å². The summed E-state index contributed by atoms with van der Waals surface area (Å²) in [4.78, 5) is 15.7. The molecule has 1 aliphatic rings. The number of benzene rings is 1. The van der Waals surface area contributed by atoms with E-state index < -0.39 is 0 Å². The number of carbonyl (C=O) groups excluding carboxylic acids is 1. The number of amides is 1. The Kier molecular flexibility index (Phi) is 5.76. The fraction of sp³-hybridized carbons (Fsp3) is 0.450. The van der Waals surface area contributed by atoms with Crippen molar-refractivity contribution in [2.75, 3.05) is 27.3 Å². The predicted molar refractivity (Wildman–Crippen MR) is 101 cm³/mol. The quantitative estimate of drug-likeness (QED) is 0.815. The molecule has 4 nitrogen and oxygen atoms in total. The molecule has 0 radical (unpaired) electrons. The van der Waals surface area contributed by atoms with Crippen LogP contribution in [0.2, 0.25) is 0 Å². The number of piperidine rings is 1. The highest BCUT2D eigenvalue weighted by atomic mass is 32.1. The largest absolute Gasteiger partial charge is 0.497 e. The first kappa shape index (κ1) is 18.0. The molecule has 0 saturated carbocycles. The second-order valence-corrected chi connectivity index (χ2v) is 7.48. The number of likely N-dealkylation sites (tertiary alicyclic amines) is 1. The van der Waals surface area contributed by atoms with E-state index in [4.69, 9.17) is 9.47 Å². The Labute approximate surface area is 153 Å². The lowest BCUT2D eigenvalue weighted by Crippen LogP contribution is -2.47. The number of rotatable bonds is 5. The molecule has 2 heterocycles. The van der Waals surface area contributed by atoms with Gasteiger partial charge in [0.05, 0.1) is 18.1 Å². The van der Waals surface area contributed by atoms with Crippen molar-refractivity contribution in [3.63, 3.8) is 0 Å². The van der Waals surface area contributed by atoms with Gasteiger partial charge in [-0.05, 0) is 54.5 Å². The van der Waals surface area contributed by atoms with Gasteiger partial charge < -0.3 is 14.4 Å². The normalized spacial score (nSPS) is 20.5. The maximum Gasteiger partial charge on any atom is 0.264 e. The number of carbonyl (C=O) groups is 1. The second kappa shape index (κ2) is 8.02. The summed E-state index contributed by atoms with van der Waals surface area (Å²) in [5.74, 6) is 1.32. The van der Waals surface area contributed by atoms with Gasteiger partial charge in [-0.1, -0.05) is 12.1 Å². The van der Waals surface area contributed by atoms with Gasteiger partial charge in [-0.3, -0.25) is 4.79 Å². The molecular weight excluding hydrogens is 334 g/mol. The van der Waals surface area contributed by atoms with Crippen molar-refractivity contribution in [1.29, 1.82) is 0 Å². The molecule has 0 bridgehead atoms. The Morgan fingerprint density at radius 1 is 1.24 bits per heavy atom. The van der Waals surface area contributed by atoms with Crippen molar-refractivity contribution in [2.45, 2.75) is 25.9 Å². The molecule has 1 saturated heterocycles. The van der Waals surface area contributed by atoms with E-state index >= 15 is 0 Å². The highest BCUT2D eigenvalue weighted by Gasteiger charge is 2.32. The van der Waals surface area contributed by atoms with E-state index in [-0.39, 0.29) is 12.0 Å². The Balaban J connectivity index is 1.71. The van der Waals surface area contributed by atoms with E-state index in [2.05, 4.69) is 12.1 Å². The topological polar surface area (TPSA) is 38.8 Å². The molecule has 0 spiro atoms. The van der Waals surface area contributed by atoms with E-state index in [0.29, 0.717) is 5.92 Å². The summed E-state index contributed by atoms with van der Waals surface area (Å²) in [6.45, 7) is 3.50. The Bertz CT molecular complexity index is 710. The van der Waals surface area contributed by atoms with Crippen LogP contribution in [-0.2, 0) is 11.2 Å². The summed E-state index contributed by atoms with van der Waals surface area (Å²) >= 11 is 1.53. The Morgan fingerprint density at radius 3 is 2.60 bits per heavy atom. The fourth-order valence-electron chi connectivity index (χ4n) is 3.50. The lowest BCUT2D eigenvalue weighted by atomic mass is 9.88. The molecule has 2 aromatic rings. The van der Waals surface area contributed by atoms with Crippen molar-refractivity contribution in [3.8, 4) is 5.75 Å². The minimum atomic E-state index is 0.154. The van der Waals surface area contributed by atoms with Crippen LogP contribution in [0.5, 0.6) is 5.75 Å². The van der Waals surface area contributed by atoms with Crippen LogP contribution < -0.4 is 4.74 Å². The van der Waals surface area contributed by atoms with Crippen molar-refractivity contribution >= 4 is 17.2 Å². The first-order chi connectivity index (χ1) is 12.1. The summed E-state index contributed by atoms with van der Waals surface area (Å²) < 4.78 is 10.9. The second-order valence-electron chi connectivity index (χ2n) is 6.56. The summed E-state index contributed by atoms with van der Waals surface area (Å²) in [6.07, 6.45) is 1.97. The van der Waals surface area contributed by atoms with Gasteiger partial charge in [0.2, 0.25) is 0 Å². The van der Waals surface area contributed by atoms with Crippen LogP contribution in [0.1, 0.15) is 27.2 Å². The van der Waals surface area contributed by atoms with Crippen molar-refractivity contribution in [2.24, 2.45) is 5.92 Å². The molecule has 0 aliphatic carbocycles. The molecule has 2 atom stereocenters. The van der Waals surface area contributed by atoms with E-state index in [9.17, 15) is 4.79 Å². The molecule has 1 fully saturated rings. The zero-order valence-electron chi connectivity index (χ0n) is 15.0. The third-order valence-electron chi connectivity index (χ3n) is 4.97. The number of hydrogen-bond donors (Lipinski definition) is 0. The highest BCUT2D eigenvalue weighted by Crippen LogP contribution is 2.27. The summed E-state index contributed by atoms with van der Waals surface area (Å²) in [6, 6.07) is 10.2. The minimum absolute atomic E-state index is 0.154. The Hall–Kier alpha value is -1.85. The van der Waals surface area contributed by atoms with Crippen molar-refractivity contribution in [3.05, 3.63) is 51.7 Å². The van der Waals surface area contributed by atoms with Crippen molar-refractivity contribution in [1.82, 2.24) is 4.90 Å².